The molecule has 0 saturated carbocycles. The SMILES string of the molecule is Cc1ccc(C(=O)NCC(=O)NCc2cn(Cc3ccccc3)nc2-c2ccccc2)cc1[N+](=O)[O-]. The van der Waals surface area contributed by atoms with Crippen molar-refractivity contribution in [1.82, 2.24) is 20.4 Å². The molecule has 0 bridgehead atoms. The molecule has 0 unspecified atom stereocenters. The number of carbonyl (C=O) groups excluding carboxylic acids is 2. The molecule has 0 fully saturated rings. The number of nitro groups is 1. The zero-order chi connectivity index (χ0) is 25.5. The van der Waals surface area contributed by atoms with Gasteiger partial charge in [-0.15, -0.1) is 0 Å². The predicted molar refractivity (Wildman–Crippen MR) is 135 cm³/mol. The minimum Gasteiger partial charge on any atom is -0.350 e. The van der Waals surface area contributed by atoms with Gasteiger partial charge in [0.05, 0.1) is 23.7 Å². The van der Waals surface area contributed by atoms with Crippen molar-refractivity contribution in [3.63, 3.8) is 0 Å². The summed E-state index contributed by atoms with van der Waals surface area (Å²) in [6.45, 7) is 2.15. The summed E-state index contributed by atoms with van der Waals surface area (Å²) in [5.74, 6) is -0.950. The summed E-state index contributed by atoms with van der Waals surface area (Å²) in [4.78, 5) is 35.4. The van der Waals surface area contributed by atoms with E-state index in [2.05, 4.69) is 10.6 Å². The molecule has 9 nitrogen and oxygen atoms in total. The number of amides is 2. The summed E-state index contributed by atoms with van der Waals surface area (Å²) in [6, 6.07) is 23.9. The molecule has 182 valence electrons. The second-order valence-electron chi connectivity index (χ2n) is 8.27. The van der Waals surface area contributed by atoms with E-state index in [1.807, 2.05) is 71.5 Å². The lowest BCUT2D eigenvalue weighted by atomic mass is 10.1. The average Bonchev–Trinajstić information content (AvgIpc) is 3.29. The number of carbonyl (C=O) groups is 2. The molecule has 3 aromatic carbocycles. The highest BCUT2D eigenvalue weighted by Gasteiger charge is 2.16. The first-order valence-corrected chi connectivity index (χ1v) is 11.4. The molecule has 0 spiro atoms. The third-order valence-corrected chi connectivity index (χ3v) is 5.63. The lowest BCUT2D eigenvalue weighted by molar-refractivity contribution is -0.385. The number of hydrogen-bond donors (Lipinski definition) is 2. The molecule has 0 saturated heterocycles. The van der Waals surface area contributed by atoms with Gasteiger partial charge in [-0.3, -0.25) is 24.4 Å². The lowest BCUT2D eigenvalue weighted by Gasteiger charge is -2.08. The van der Waals surface area contributed by atoms with Crippen molar-refractivity contribution in [3.8, 4) is 11.3 Å². The number of nitrogens with one attached hydrogen (secondary N) is 2. The summed E-state index contributed by atoms with van der Waals surface area (Å²) in [5, 5.41) is 21.2. The molecule has 1 heterocycles. The Labute approximate surface area is 207 Å². The van der Waals surface area contributed by atoms with E-state index in [4.69, 9.17) is 5.10 Å². The second-order valence-corrected chi connectivity index (χ2v) is 8.27. The molecule has 1 aromatic heterocycles. The van der Waals surface area contributed by atoms with E-state index in [0.29, 0.717) is 12.1 Å². The highest BCUT2D eigenvalue weighted by atomic mass is 16.6. The first kappa shape index (κ1) is 24.3. The molecule has 0 aliphatic heterocycles. The molecule has 2 amide bonds. The topological polar surface area (TPSA) is 119 Å². The van der Waals surface area contributed by atoms with E-state index in [-0.39, 0.29) is 30.2 Å². The molecule has 36 heavy (non-hydrogen) atoms. The van der Waals surface area contributed by atoms with Gasteiger partial charge in [0, 0.05) is 41.1 Å². The molecule has 0 radical (unpaired) electrons. The van der Waals surface area contributed by atoms with Gasteiger partial charge in [-0.1, -0.05) is 66.7 Å². The van der Waals surface area contributed by atoms with E-state index >= 15 is 0 Å². The molecule has 0 aliphatic carbocycles. The van der Waals surface area contributed by atoms with E-state index < -0.39 is 10.8 Å². The molecule has 0 atom stereocenters. The Morgan fingerprint density at radius 3 is 2.36 bits per heavy atom. The number of nitro benzene ring substituents is 1. The Bertz CT molecular complexity index is 1380. The van der Waals surface area contributed by atoms with Gasteiger partial charge in [0.2, 0.25) is 5.91 Å². The van der Waals surface area contributed by atoms with Gasteiger partial charge < -0.3 is 10.6 Å². The largest absolute Gasteiger partial charge is 0.350 e. The van der Waals surface area contributed by atoms with Crippen molar-refractivity contribution < 1.29 is 14.5 Å². The third-order valence-electron chi connectivity index (χ3n) is 5.63. The number of aryl methyl sites for hydroxylation is 1. The van der Waals surface area contributed by atoms with Crippen LogP contribution in [-0.4, -0.2) is 33.1 Å². The van der Waals surface area contributed by atoms with Gasteiger partial charge in [0.25, 0.3) is 11.6 Å². The average molecular weight is 484 g/mol. The Hall–Kier alpha value is -4.79. The van der Waals surface area contributed by atoms with Gasteiger partial charge in [-0.05, 0) is 18.6 Å². The Balaban J connectivity index is 1.41. The van der Waals surface area contributed by atoms with Crippen LogP contribution in [0.3, 0.4) is 0 Å². The van der Waals surface area contributed by atoms with Crippen molar-refractivity contribution >= 4 is 17.5 Å². The number of aromatic nitrogens is 2. The molecule has 4 rings (SSSR count). The van der Waals surface area contributed by atoms with E-state index in [9.17, 15) is 19.7 Å². The molecular weight excluding hydrogens is 458 g/mol. The number of nitrogens with zero attached hydrogens (tertiary/aromatic N) is 3. The number of benzene rings is 3. The minimum absolute atomic E-state index is 0.119. The van der Waals surface area contributed by atoms with Crippen LogP contribution < -0.4 is 10.6 Å². The van der Waals surface area contributed by atoms with E-state index in [1.54, 1.807) is 6.92 Å². The number of hydrogen-bond acceptors (Lipinski definition) is 5. The Morgan fingerprint density at radius 2 is 1.67 bits per heavy atom. The zero-order valence-corrected chi connectivity index (χ0v) is 19.7. The van der Waals surface area contributed by atoms with Crippen LogP contribution in [-0.2, 0) is 17.9 Å². The van der Waals surface area contributed by atoms with Gasteiger partial charge in [-0.2, -0.15) is 5.10 Å². The van der Waals surface area contributed by atoms with Crippen molar-refractivity contribution in [2.75, 3.05) is 6.54 Å². The maximum absolute atomic E-state index is 12.5. The maximum atomic E-state index is 12.5. The van der Waals surface area contributed by atoms with Crippen LogP contribution in [0.5, 0.6) is 0 Å². The normalized spacial score (nSPS) is 10.6. The van der Waals surface area contributed by atoms with Crippen LogP contribution in [0, 0.1) is 17.0 Å². The minimum atomic E-state index is -0.561. The van der Waals surface area contributed by atoms with Gasteiger partial charge in [0.15, 0.2) is 0 Å². The highest BCUT2D eigenvalue weighted by Crippen LogP contribution is 2.22. The zero-order valence-electron chi connectivity index (χ0n) is 19.7. The standard InChI is InChI=1S/C27H25N5O4/c1-19-12-13-22(14-24(19)32(35)36)27(34)29-16-25(33)28-15-23-18-31(17-20-8-4-2-5-9-20)30-26(23)21-10-6-3-7-11-21/h2-14,18H,15-17H2,1H3,(H,28,33)(H,29,34). The van der Waals surface area contributed by atoms with Crippen LogP contribution in [0.2, 0.25) is 0 Å². The molecular formula is C27H25N5O4. The van der Waals surface area contributed by atoms with Crippen molar-refractivity contribution in [3.05, 3.63) is 117 Å². The lowest BCUT2D eigenvalue weighted by Crippen LogP contribution is -2.36. The quantitative estimate of drug-likeness (QED) is 0.277. The highest BCUT2D eigenvalue weighted by molar-refractivity contribution is 5.97. The van der Waals surface area contributed by atoms with E-state index in [0.717, 1.165) is 22.4 Å². The number of rotatable bonds is 9. The van der Waals surface area contributed by atoms with Crippen molar-refractivity contribution in [2.45, 2.75) is 20.0 Å². The van der Waals surface area contributed by atoms with Crippen LogP contribution in [0.1, 0.15) is 27.0 Å². The smallest absolute Gasteiger partial charge is 0.273 e. The second kappa shape index (κ2) is 11.1. The molecule has 2 N–H and O–H groups in total. The summed E-state index contributed by atoms with van der Waals surface area (Å²) in [7, 11) is 0. The maximum Gasteiger partial charge on any atom is 0.273 e. The van der Waals surface area contributed by atoms with Crippen LogP contribution in [0.15, 0.2) is 85.1 Å². The van der Waals surface area contributed by atoms with Crippen molar-refractivity contribution in [2.24, 2.45) is 0 Å². The van der Waals surface area contributed by atoms with Crippen LogP contribution in [0.4, 0.5) is 5.69 Å². The third kappa shape index (κ3) is 6.01. The fraction of sp³-hybridized carbons (Fsp3) is 0.148. The summed E-state index contributed by atoms with van der Waals surface area (Å²) in [6.07, 6.45) is 1.90. The predicted octanol–water partition coefficient (Wildman–Crippen LogP) is 3.86. The van der Waals surface area contributed by atoms with Gasteiger partial charge in [-0.25, -0.2) is 0 Å². The molecule has 9 heteroatoms. The van der Waals surface area contributed by atoms with Gasteiger partial charge in [0.1, 0.15) is 0 Å². The fourth-order valence-corrected chi connectivity index (χ4v) is 3.75. The monoisotopic (exact) mass is 483 g/mol. The molecule has 4 aromatic rings. The van der Waals surface area contributed by atoms with E-state index in [1.165, 1.54) is 18.2 Å². The first-order chi connectivity index (χ1) is 17.4. The molecule has 0 aliphatic rings. The summed E-state index contributed by atoms with van der Waals surface area (Å²) < 4.78 is 1.84. The first-order valence-electron chi connectivity index (χ1n) is 11.4. The van der Waals surface area contributed by atoms with Gasteiger partial charge >= 0.3 is 0 Å². The van der Waals surface area contributed by atoms with Crippen LogP contribution in [0.25, 0.3) is 11.3 Å². The summed E-state index contributed by atoms with van der Waals surface area (Å²) in [5.41, 5.74) is 4.07. The van der Waals surface area contributed by atoms with Crippen LogP contribution >= 0.6 is 0 Å². The Kier molecular flexibility index (Phi) is 7.50. The van der Waals surface area contributed by atoms with Crippen molar-refractivity contribution in [1.29, 1.82) is 0 Å². The Morgan fingerprint density at radius 1 is 0.972 bits per heavy atom. The summed E-state index contributed by atoms with van der Waals surface area (Å²) >= 11 is 0. The fourth-order valence-electron chi connectivity index (χ4n) is 3.75.